The van der Waals surface area contributed by atoms with E-state index in [2.05, 4.69) is 29.3 Å². The van der Waals surface area contributed by atoms with Gasteiger partial charge in [-0.2, -0.15) is 0 Å². The predicted molar refractivity (Wildman–Crippen MR) is 137 cm³/mol. The Morgan fingerprint density at radius 3 is 2.15 bits per heavy atom. The van der Waals surface area contributed by atoms with Crippen molar-refractivity contribution in [1.29, 1.82) is 0 Å². The van der Waals surface area contributed by atoms with Crippen LogP contribution in [0.1, 0.15) is 70.3 Å². The molecule has 33 heavy (non-hydrogen) atoms. The Balaban J connectivity index is 1.46. The molecule has 2 aromatic rings. The zero-order valence-corrected chi connectivity index (χ0v) is 20.3. The molecular formula is C28H39N3O2. The quantitative estimate of drug-likeness (QED) is 0.439. The number of rotatable bonds is 11. The third-order valence-corrected chi connectivity index (χ3v) is 6.55. The first kappa shape index (κ1) is 24.8. The van der Waals surface area contributed by atoms with Crippen molar-refractivity contribution in [3.63, 3.8) is 0 Å². The molecular weight excluding hydrogens is 410 g/mol. The second-order valence-electron chi connectivity index (χ2n) is 8.94. The number of nitrogens with one attached hydrogen (secondary N) is 1. The van der Waals surface area contributed by atoms with Gasteiger partial charge in [-0.3, -0.25) is 9.59 Å². The zero-order valence-electron chi connectivity index (χ0n) is 20.3. The van der Waals surface area contributed by atoms with Crippen LogP contribution in [0.5, 0.6) is 0 Å². The van der Waals surface area contributed by atoms with E-state index in [1.807, 2.05) is 54.3 Å². The van der Waals surface area contributed by atoms with Crippen LogP contribution in [0.3, 0.4) is 0 Å². The van der Waals surface area contributed by atoms with Crippen LogP contribution in [0, 0.1) is 0 Å². The van der Waals surface area contributed by atoms with Crippen molar-refractivity contribution in [2.45, 2.75) is 64.7 Å². The summed E-state index contributed by atoms with van der Waals surface area (Å²) in [5.74, 6) is 0.175. The van der Waals surface area contributed by atoms with E-state index in [1.165, 1.54) is 19.3 Å². The van der Waals surface area contributed by atoms with Gasteiger partial charge < -0.3 is 15.1 Å². The zero-order chi connectivity index (χ0) is 23.5. The van der Waals surface area contributed by atoms with Crippen LogP contribution in [0.4, 0.5) is 11.4 Å². The molecule has 0 saturated carbocycles. The molecule has 0 radical (unpaired) electrons. The van der Waals surface area contributed by atoms with Crippen LogP contribution < -0.4 is 10.2 Å². The molecule has 5 heteroatoms. The highest BCUT2D eigenvalue weighted by atomic mass is 16.2. The van der Waals surface area contributed by atoms with Gasteiger partial charge >= 0.3 is 0 Å². The lowest BCUT2D eigenvalue weighted by Gasteiger charge is -2.36. The Hall–Kier alpha value is -2.82. The molecule has 1 aliphatic rings. The Labute approximate surface area is 199 Å². The molecule has 2 aromatic carbocycles. The number of benzene rings is 2. The van der Waals surface area contributed by atoms with Gasteiger partial charge in [-0.15, -0.1) is 0 Å². The number of hydrogen-bond acceptors (Lipinski definition) is 3. The maximum atomic E-state index is 12.8. The summed E-state index contributed by atoms with van der Waals surface area (Å²) >= 11 is 0. The van der Waals surface area contributed by atoms with E-state index < -0.39 is 0 Å². The molecule has 5 nitrogen and oxygen atoms in total. The van der Waals surface area contributed by atoms with Crippen LogP contribution in [0.2, 0.25) is 0 Å². The molecule has 2 amide bonds. The van der Waals surface area contributed by atoms with Crippen molar-refractivity contribution in [2.24, 2.45) is 0 Å². The molecule has 1 unspecified atom stereocenters. The minimum Gasteiger partial charge on any atom is -0.368 e. The van der Waals surface area contributed by atoms with Crippen LogP contribution in [0.25, 0.3) is 0 Å². The van der Waals surface area contributed by atoms with Crippen molar-refractivity contribution >= 4 is 23.2 Å². The van der Waals surface area contributed by atoms with E-state index in [0.29, 0.717) is 12.3 Å². The number of hydrogen-bond donors (Lipinski definition) is 1. The number of nitrogens with zero attached hydrogens (tertiary/aromatic N) is 2. The lowest BCUT2D eigenvalue weighted by atomic mass is 9.95. The fraction of sp³-hybridized carbons (Fsp3) is 0.500. The molecule has 1 fully saturated rings. The largest absolute Gasteiger partial charge is 0.368 e. The fourth-order valence-corrected chi connectivity index (χ4v) is 4.49. The highest BCUT2D eigenvalue weighted by Gasteiger charge is 2.21. The van der Waals surface area contributed by atoms with Gasteiger partial charge in [0.2, 0.25) is 11.8 Å². The Kier molecular flexibility index (Phi) is 9.79. The first-order chi connectivity index (χ1) is 16.1. The molecule has 0 aromatic heterocycles. The first-order valence-corrected chi connectivity index (χ1v) is 12.6. The Morgan fingerprint density at radius 2 is 1.52 bits per heavy atom. The number of anilines is 2. The normalized spacial score (nSPS) is 14.7. The minimum atomic E-state index is -0.150. The average molecular weight is 450 g/mol. The molecule has 1 atom stereocenters. The maximum absolute atomic E-state index is 12.8. The van der Waals surface area contributed by atoms with Crippen molar-refractivity contribution in [1.82, 2.24) is 4.90 Å². The van der Waals surface area contributed by atoms with Gasteiger partial charge in [0, 0.05) is 44.0 Å². The predicted octanol–water partition coefficient (Wildman–Crippen LogP) is 5.83. The third kappa shape index (κ3) is 7.34. The summed E-state index contributed by atoms with van der Waals surface area (Å²) in [6.45, 7) is 7.50. The van der Waals surface area contributed by atoms with Gasteiger partial charge in [-0.25, -0.2) is 0 Å². The van der Waals surface area contributed by atoms with Crippen molar-refractivity contribution in [3.05, 3.63) is 60.2 Å². The Morgan fingerprint density at radius 1 is 0.848 bits per heavy atom. The highest BCUT2D eigenvalue weighted by molar-refractivity contribution is 5.96. The number of piperazine rings is 1. The molecule has 1 saturated heterocycles. The van der Waals surface area contributed by atoms with Gasteiger partial charge in [0.15, 0.2) is 0 Å². The summed E-state index contributed by atoms with van der Waals surface area (Å²) < 4.78 is 0. The fourth-order valence-electron chi connectivity index (χ4n) is 4.49. The number of carbonyl (C=O) groups excluding carboxylic acids is 2. The monoisotopic (exact) mass is 449 g/mol. The topological polar surface area (TPSA) is 52.7 Å². The van der Waals surface area contributed by atoms with Gasteiger partial charge in [0.25, 0.3) is 0 Å². The summed E-state index contributed by atoms with van der Waals surface area (Å²) in [6.07, 6.45) is 7.34. The summed E-state index contributed by atoms with van der Waals surface area (Å²) in [4.78, 5) is 29.6. The van der Waals surface area contributed by atoms with Crippen LogP contribution in [0.15, 0.2) is 54.6 Å². The van der Waals surface area contributed by atoms with E-state index in [4.69, 9.17) is 0 Å². The second-order valence-corrected chi connectivity index (χ2v) is 8.94. The van der Waals surface area contributed by atoms with Crippen molar-refractivity contribution in [3.8, 4) is 0 Å². The van der Waals surface area contributed by atoms with E-state index in [9.17, 15) is 9.59 Å². The van der Waals surface area contributed by atoms with Gasteiger partial charge in [-0.05, 0) is 42.7 Å². The molecule has 1 aliphatic heterocycles. The van der Waals surface area contributed by atoms with Gasteiger partial charge in [0.05, 0.1) is 5.92 Å². The third-order valence-electron chi connectivity index (χ3n) is 6.55. The first-order valence-electron chi connectivity index (χ1n) is 12.6. The van der Waals surface area contributed by atoms with E-state index in [0.717, 1.165) is 62.4 Å². The molecule has 1 heterocycles. The minimum absolute atomic E-state index is 0.0262. The molecule has 178 valence electrons. The van der Waals surface area contributed by atoms with Crippen LogP contribution >= 0.6 is 0 Å². The van der Waals surface area contributed by atoms with E-state index >= 15 is 0 Å². The van der Waals surface area contributed by atoms with E-state index in [1.54, 1.807) is 0 Å². The Bertz CT molecular complexity index is 858. The molecule has 3 rings (SSSR count). The van der Waals surface area contributed by atoms with Crippen molar-refractivity contribution in [2.75, 3.05) is 36.4 Å². The van der Waals surface area contributed by atoms with Crippen LogP contribution in [-0.2, 0) is 9.59 Å². The SMILES string of the molecule is CCCCCCCC(=O)N1CCN(c2ccc(NC(=O)C(CC)c3ccccc3)cc2)CC1. The standard InChI is InChI=1S/C28H39N3O2/c1-3-5-6-7-11-14-27(32)31-21-19-30(20-22-31)25-17-15-24(16-18-25)29-28(33)26(4-2)23-12-9-8-10-13-23/h8-10,12-13,15-18,26H,3-7,11,14,19-22H2,1-2H3,(H,29,33). The summed E-state index contributed by atoms with van der Waals surface area (Å²) in [5, 5.41) is 3.07. The van der Waals surface area contributed by atoms with Gasteiger partial charge in [-0.1, -0.05) is 69.9 Å². The number of unbranched alkanes of at least 4 members (excludes halogenated alkanes) is 4. The highest BCUT2D eigenvalue weighted by Crippen LogP contribution is 2.24. The lowest BCUT2D eigenvalue weighted by molar-refractivity contribution is -0.131. The molecule has 0 bridgehead atoms. The summed E-state index contributed by atoms with van der Waals surface area (Å²) in [5.41, 5.74) is 2.99. The molecule has 0 spiro atoms. The number of amides is 2. The molecule has 1 N–H and O–H groups in total. The molecule has 0 aliphatic carbocycles. The second kappa shape index (κ2) is 13.0. The summed E-state index contributed by atoms with van der Waals surface area (Å²) in [7, 11) is 0. The number of carbonyl (C=O) groups is 2. The van der Waals surface area contributed by atoms with E-state index in [-0.39, 0.29) is 11.8 Å². The average Bonchev–Trinajstić information content (AvgIpc) is 2.85. The van der Waals surface area contributed by atoms with Gasteiger partial charge in [0.1, 0.15) is 0 Å². The smallest absolute Gasteiger partial charge is 0.231 e. The maximum Gasteiger partial charge on any atom is 0.231 e. The lowest BCUT2D eigenvalue weighted by Crippen LogP contribution is -2.48. The summed E-state index contributed by atoms with van der Waals surface area (Å²) in [6, 6.07) is 18.0. The van der Waals surface area contributed by atoms with Crippen LogP contribution in [-0.4, -0.2) is 42.9 Å². The van der Waals surface area contributed by atoms with Crippen molar-refractivity contribution < 1.29 is 9.59 Å².